The molecule has 66 valence electrons. The summed E-state index contributed by atoms with van der Waals surface area (Å²) in [5, 5.41) is 5.70. The molecule has 0 bridgehead atoms. The predicted molar refractivity (Wildman–Crippen MR) is 52.4 cm³/mol. The number of thiophene rings is 1. The number of nitrogens with one attached hydrogen (secondary N) is 1. The number of anilines is 1. The molecule has 1 amide bonds. The molecule has 1 N–H and O–H groups in total. The Kier molecular flexibility index (Phi) is 2.52. The van der Waals surface area contributed by atoms with Crippen LogP contribution in [0.1, 0.15) is 20.8 Å². The van der Waals surface area contributed by atoms with Gasteiger partial charge in [0, 0.05) is 5.41 Å². The number of carbonyl (C=O) groups is 1. The molecule has 1 aromatic heterocycles. The van der Waals surface area contributed by atoms with Gasteiger partial charge in [-0.05, 0) is 17.5 Å². The van der Waals surface area contributed by atoms with Gasteiger partial charge >= 0.3 is 0 Å². The van der Waals surface area contributed by atoms with E-state index < -0.39 is 0 Å². The lowest BCUT2D eigenvalue weighted by molar-refractivity contribution is -0.123. The second-order valence-corrected chi connectivity index (χ2v) is 4.63. The van der Waals surface area contributed by atoms with Crippen LogP contribution in [-0.2, 0) is 4.79 Å². The lowest BCUT2D eigenvalue weighted by atomic mass is 9.96. The summed E-state index contributed by atoms with van der Waals surface area (Å²) in [5.74, 6) is 0.0601. The Morgan fingerprint density at radius 3 is 2.58 bits per heavy atom. The first-order chi connectivity index (χ1) is 5.50. The molecule has 0 spiro atoms. The van der Waals surface area contributed by atoms with Gasteiger partial charge in [-0.15, -0.1) is 11.3 Å². The average molecular weight is 183 g/mol. The van der Waals surface area contributed by atoms with Crippen LogP contribution >= 0.6 is 11.3 Å². The van der Waals surface area contributed by atoms with E-state index in [4.69, 9.17) is 0 Å². The van der Waals surface area contributed by atoms with Gasteiger partial charge in [0.05, 0.1) is 5.00 Å². The molecule has 0 aliphatic carbocycles. The van der Waals surface area contributed by atoms with Crippen molar-refractivity contribution in [3.05, 3.63) is 17.5 Å². The van der Waals surface area contributed by atoms with Gasteiger partial charge in [0.1, 0.15) is 0 Å². The SMILES string of the molecule is CC(C)(C)C(=O)Nc1cccs1. The van der Waals surface area contributed by atoms with E-state index >= 15 is 0 Å². The van der Waals surface area contributed by atoms with Crippen molar-refractivity contribution < 1.29 is 4.79 Å². The highest BCUT2D eigenvalue weighted by Gasteiger charge is 2.21. The Hall–Kier alpha value is -0.830. The maximum Gasteiger partial charge on any atom is 0.230 e. The molecule has 2 nitrogen and oxygen atoms in total. The standard InChI is InChI=1S/C9H13NOS/c1-9(2,3)8(11)10-7-5-4-6-12-7/h4-6H,1-3H3,(H,10,11). The molecule has 3 heteroatoms. The summed E-state index contributed by atoms with van der Waals surface area (Å²) in [6, 6.07) is 3.82. The summed E-state index contributed by atoms with van der Waals surface area (Å²) in [6.45, 7) is 5.70. The zero-order valence-electron chi connectivity index (χ0n) is 7.55. The highest BCUT2D eigenvalue weighted by Crippen LogP contribution is 2.20. The number of amides is 1. The molecule has 0 saturated heterocycles. The molecule has 1 rings (SSSR count). The zero-order chi connectivity index (χ0) is 9.19. The van der Waals surface area contributed by atoms with Gasteiger partial charge in [0.15, 0.2) is 0 Å². The first-order valence-corrected chi connectivity index (χ1v) is 4.73. The molecule has 0 aliphatic rings. The molecule has 1 aromatic rings. The van der Waals surface area contributed by atoms with Crippen molar-refractivity contribution in [2.24, 2.45) is 5.41 Å². The van der Waals surface area contributed by atoms with E-state index in [-0.39, 0.29) is 11.3 Å². The smallest absolute Gasteiger partial charge is 0.230 e. The minimum atomic E-state index is -0.315. The Morgan fingerprint density at radius 2 is 2.17 bits per heavy atom. The van der Waals surface area contributed by atoms with Crippen LogP contribution in [0.5, 0.6) is 0 Å². The molecule has 0 aromatic carbocycles. The van der Waals surface area contributed by atoms with E-state index in [1.165, 1.54) is 11.3 Å². The van der Waals surface area contributed by atoms with Gasteiger partial charge in [-0.25, -0.2) is 0 Å². The van der Waals surface area contributed by atoms with Crippen LogP contribution in [0.2, 0.25) is 0 Å². The van der Waals surface area contributed by atoms with Crippen LogP contribution in [0.4, 0.5) is 5.00 Å². The number of rotatable bonds is 1. The van der Waals surface area contributed by atoms with E-state index in [1.807, 2.05) is 38.3 Å². The molecular formula is C9H13NOS. The molecule has 0 fully saturated rings. The maximum atomic E-state index is 11.4. The van der Waals surface area contributed by atoms with Crippen molar-refractivity contribution in [2.45, 2.75) is 20.8 Å². The van der Waals surface area contributed by atoms with Crippen LogP contribution < -0.4 is 5.32 Å². The van der Waals surface area contributed by atoms with Crippen molar-refractivity contribution in [3.63, 3.8) is 0 Å². The largest absolute Gasteiger partial charge is 0.317 e. The third-order valence-electron chi connectivity index (χ3n) is 1.44. The molecule has 0 saturated carbocycles. The van der Waals surface area contributed by atoms with Crippen molar-refractivity contribution >= 4 is 22.2 Å². The molecule has 0 unspecified atom stereocenters. The third-order valence-corrected chi connectivity index (χ3v) is 2.22. The summed E-state index contributed by atoms with van der Waals surface area (Å²) in [7, 11) is 0. The minimum absolute atomic E-state index is 0.0601. The van der Waals surface area contributed by atoms with E-state index in [9.17, 15) is 4.79 Å². The fourth-order valence-electron chi connectivity index (χ4n) is 0.649. The van der Waals surface area contributed by atoms with Crippen LogP contribution in [0.25, 0.3) is 0 Å². The second kappa shape index (κ2) is 3.27. The summed E-state index contributed by atoms with van der Waals surface area (Å²) < 4.78 is 0. The minimum Gasteiger partial charge on any atom is -0.317 e. The highest BCUT2D eigenvalue weighted by atomic mass is 32.1. The van der Waals surface area contributed by atoms with Gasteiger partial charge in [0.25, 0.3) is 0 Å². The van der Waals surface area contributed by atoms with Crippen molar-refractivity contribution in [2.75, 3.05) is 5.32 Å². The summed E-state index contributed by atoms with van der Waals surface area (Å²) in [5.41, 5.74) is -0.315. The van der Waals surface area contributed by atoms with Crippen LogP contribution in [0.15, 0.2) is 17.5 Å². The van der Waals surface area contributed by atoms with Crippen molar-refractivity contribution in [3.8, 4) is 0 Å². The average Bonchev–Trinajstić information content (AvgIpc) is 2.37. The second-order valence-electron chi connectivity index (χ2n) is 3.68. The Morgan fingerprint density at radius 1 is 1.50 bits per heavy atom. The maximum absolute atomic E-state index is 11.4. The quantitative estimate of drug-likeness (QED) is 0.712. The molecule has 0 atom stereocenters. The summed E-state index contributed by atoms with van der Waals surface area (Å²) in [6.07, 6.45) is 0. The Balaban J connectivity index is 2.60. The van der Waals surface area contributed by atoms with Gasteiger partial charge in [0.2, 0.25) is 5.91 Å². The van der Waals surface area contributed by atoms with E-state index in [0.717, 1.165) is 5.00 Å². The predicted octanol–water partition coefficient (Wildman–Crippen LogP) is 2.73. The van der Waals surface area contributed by atoms with Crippen LogP contribution in [-0.4, -0.2) is 5.91 Å². The van der Waals surface area contributed by atoms with Gasteiger partial charge < -0.3 is 5.32 Å². The summed E-state index contributed by atoms with van der Waals surface area (Å²) in [4.78, 5) is 11.4. The normalized spacial score (nSPS) is 11.2. The monoisotopic (exact) mass is 183 g/mol. The summed E-state index contributed by atoms with van der Waals surface area (Å²) >= 11 is 1.54. The van der Waals surface area contributed by atoms with Crippen LogP contribution in [0.3, 0.4) is 0 Å². The lowest BCUT2D eigenvalue weighted by Crippen LogP contribution is -2.27. The molecule has 0 radical (unpaired) electrons. The first-order valence-electron chi connectivity index (χ1n) is 3.85. The van der Waals surface area contributed by atoms with Gasteiger partial charge in [-0.3, -0.25) is 4.79 Å². The van der Waals surface area contributed by atoms with Crippen molar-refractivity contribution in [1.82, 2.24) is 0 Å². The Bertz CT molecular complexity index is 259. The molecular weight excluding hydrogens is 170 g/mol. The van der Waals surface area contributed by atoms with Crippen molar-refractivity contribution in [1.29, 1.82) is 0 Å². The number of hydrogen-bond acceptors (Lipinski definition) is 2. The van der Waals surface area contributed by atoms with E-state index in [2.05, 4.69) is 5.32 Å². The first kappa shape index (κ1) is 9.26. The number of carbonyl (C=O) groups excluding carboxylic acids is 1. The topological polar surface area (TPSA) is 29.1 Å². The van der Waals surface area contributed by atoms with E-state index in [1.54, 1.807) is 0 Å². The Labute approximate surface area is 76.6 Å². The van der Waals surface area contributed by atoms with Gasteiger partial charge in [-0.1, -0.05) is 20.8 Å². The number of hydrogen-bond donors (Lipinski definition) is 1. The van der Waals surface area contributed by atoms with Gasteiger partial charge in [-0.2, -0.15) is 0 Å². The fourth-order valence-corrected chi connectivity index (χ4v) is 1.26. The third kappa shape index (κ3) is 2.34. The molecule has 1 heterocycles. The fraction of sp³-hybridized carbons (Fsp3) is 0.444. The van der Waals surface area contributed by atoms with E-state index in [0.29, 0.717) is 0 Å². The lowest BCUT2D eigenvalue weighted by Gasteiger charge is -2.16. The van der Waals surface area contributed by atoms with Crippen LogP contribution in [0, 0.1) is 5.41 Å². The molecule has 12 heavy (non-hydrogen) atoms. The molecule has 0 aliphatic heterocycles. The zero-order valence-corrected chi connectivity index (χ0v) is 8.37. The highest BCUT2D eigenvalue weighted by molar-refractivity contribution is 7.14.